The zero-order valence-corrected chi connectivity index (χ0v) is 11.4. The van der Waals surface area contributed by atoms with Gasteiger partial charge in [0.05, 0.1) is 6.42 Å². The molecule has 0 spiro atoms. The van der Waals surface area contributed by atoms with Crippen molar-refractivity contribution < 1.29 is 4.79 Å². The predicted octanol–water partition coefficient (Wildman–Crippen LogP) is 2.39. The Morgan fingerprint density at radius 3 is 2.35 bits per heavy atom. The molecule has 3 nitrogen and oxygen atoms in total. The van der Waals surface area contributed by atoms with Crippen molar-refractivity contribution in [3.05, 3.63) is 33.8 Å². The molecule has 1 rings (SSSR count). The Morgan fingerprint density at radius 1 is 1.35 bits per heavy atom. The van der Waals surface area contributed by atoms with Crippen LogP contribution in [0.15, 0.2) is 18.2 Å². The molecule has 1 aromatic rings. The van der Waals surface area contributed by atoms with Gasteiger partial charge >= 0.3 is 0 Å². The van der Waals surface area contributed by atoms with Crippen molar-refractivity contribution in [2.75, 3.05) is 6.54 Å². The van der Waals surface area contributed by atoms with E-state index in [1.807, 2.05) is 13.8 Å². The van der Waals surface area contributed by atoms with Crippen LogP contribution in [0, 0.1) is 0 Å². The fourth-order valence-corrected chi connectivity index (χ4v) is 1.87. The van der Waals surface area contributed by atoms with Gasteiger partial charge < -0.3 is 11.1 Å². The maximum Gasteiger partial charge on any atom is 0.224 e. The second-order valence-corrected chi connectivity index (χ2v) is 5.33. The highest BCUT2D eigenvalue weighted by molar-refractivity contribution is 6.36. The molecular formula is C12H16Cl2N2O. The molecule has 0 radical (unpaired) electrons. The molecule has 0 aromatic heterocycles. The molecule has 0 fully saturated rings. The van der Waals surface area contributed by atoms with Crippen molar-refractivity contribution >= 4 is 29.1 Å². The van der Waals surface area contributed by atoms with Crippen molar-refractivity contribution in [1.82, 2.24) is 5.32 Å². The van der Waals surface area contributed by atoms with Crippen LogP contribution >= 0.6 is 23.2 Å². The molecule has 0 aliphatic rings. The maximum atomic E-state index is 11.8. The van der Waals surface area contributed by atoms with Gasteiger partial charge in [0.25, 0.3) is 0 Å². The van der Waals surface area contributed by atoms with Crippen molar-refractivity contribution in [2.45, 2.75) is 25.8 Å². The fourth-order valence-electron chi connectivity index (χ4n) is 1.33. The first-order valence-electron chi connectivity index (χ1n) is 5.30. The van der Waals surface area contributed by atoms with Crippen molar-refractivity contribution in [2.24, 2.45) is 5.73 Å². The normalized spacial score (nSPS) is 11.4. The minimum absolute atomic E-state index is 0.143. The first kappa shape index (κ1) is 14.3. The number of amides is 1. The van der Waals surface area contributed by atoms with Gasteiger partial charge in [-0.25, -0.2) is 0 Å². The highest BCUT2D eigenvalue weighted by atomic mass is 35.5. The van der Waals surface area contributed by atoms with E-state index in [1.54, 1.807) is 18.2 Å². The fraction of sp³-hybridized carbons (Fsp3) is 0.417. The number of carbonyl (C=O) groups is 1. The summed E-state index contributed by atoms with van der Waals surface area (Å²) in [5, 5.41) is 3.82. The number of hydrogen-bond donors (Lipinski definition) is 2. The predicted molar refractivity (Wildman–Crippen MR) is 71.4 cm³/mol. The Labute approximate surface area is 111 Å². The summed E-state index contributed by atoms with van der Waals surface area (Å²) in [4.78, 5) is 11.8. The standard InChI is InChI=1S/C12H16Cl2N2O/c1-12(2,7-15)16-11(17)6-8-9(13)4-3-5-10(8)14/h3-5H,6-7,15H2,1-2H3,(H,16,17). The Balaban J connectivity index is 2.75. The molecule has 1 aromatic carbocycles. The van der Waals surface area contributed by atoms with E-state index >= 15 is 0 Å². The molecule has 94 valence electrons. The summed E-state index contributed by atoms with van der Waals surface area (Å²) in [7, 11) is 0. The van der Waals surface area contributed by atoms with Crippen LogP contribution < -0.4 is 11.1 Å². The molecule has 3 N–H and O–H groups in total. The highest BCUT2D eigenvalue weighted by Crippen LogP contribution is 2.24. The largest absolute Gasteiger partial charge is 0.350 e. The lowest BCUT2D eigenvalue weighted by molar-refractivity contribution is -0.121. The zero-order valence-electron chi connectivity index (χ0n) is 9.89. The molecule has 1 amide bonds. The van der Waals surface area contributed by atoms with E-state index in [1.165, 1.54) is 0 Å². The summed E-state index contributed by atoms with van der Waals surface area (Å²) >= 11 is 12.0. The van der Waals surface area contributed by atoms with Crippen LogP contribution in [0.5, 0.6) is 0 Å². The Hall–Kier alpha value is -0.770. The minimum Gasteiger partial charge on any atom is -0.350 e. The summed E-state index contributed by atoms with van der Waals surface area (Å²) in [6.45, 7) is 4.09. The summed E-state index contributed by atoms with van der Waals surface area (Å²) in [6, 6.07) is 5.17. The lowest BCUT2D eigenvalue weighted by Crippen LogP contribution is -2.49. The second-order valence-electron chi connectivity index (χ2n) is 4.51. The number of rotatable bonds is 4. The van der Waals surface area contributed by atoms with Crippen LogP contribution in [0.3, 0.4) is 0 Å². The molecule has 0 saturated carbocycles. The number of benzene rings is 1. The first-order valence-corrected chi connectivity index (χ1v) is 6.05. The lowest BCUT2D eigenvalue weighted by Gasteiger charge is -2.24. The summed E-state index contributed by atoms with van der Waals surface area (Å²) in [5.41, 5.74) is 5.76. The van der Waals surface area contributed by atoms with Gasteiger partial charge in [-0.2, -0.15) is 0 Å². The maximum absolute atomic E-state index is 11.8. The summed E-state index contributed by atoms with van der Waals surface area (Å²) in [6.07, 6.45) is 0.155. The third kappa shape index (κ3) is 4.19. The third-order valence-corrected chi connectivity index (χ3v) is 3.10. The second kappa shape index (κ2) is 5.71. The monoisotopic (exact) mass is 274 g/mol. The van der Waals surface area contributed by atoms with Gasteiger partial charge in [0, 0.05) is 22.1 Å². The van der Waals surface area contributed by atoms with E-state index in [4.69, 9.17) is 28.9 Å². The van der Waals surface area contributed by atoms with Gasteiger partial charge in [0.2, 0.25) is 5.91 Å². The van der Waals surface area contributed by atoms with E-state index in [9.17, 15) is 4.79 Å². The average Bonchev–Trinajstić information content (AvgIpc) is 2.23. The minimum atomic E-state index is -0.426. The average molecular weight is 275 g/mol. The topological polar surface area (TPSA) is 55.1 Å². The smallest absolute Gasteiger partial charge is 0.224 e. The molecule has 17 heavy (non-hydrogen) atoms. The van der Waals surface area contributed by atoms with E-state index in [0.29, 0.717) is 22.2 Å². The molecule has 0 aliphatic heterocycles. The van der Waals surface area contributed by atoms with Crippen LogP contribution in [-0.4, -0.2) is 18.0 Å². The van der Waals surface area contributed by atoms with E-state index < -0.39 is 5.54 Å². The van der Waals surface area contributed by atoms with E-state index in [0.717, 1.165) is 0 Å². The Bertz CT molecular complexity index is 399. The number of nitrogens with one attached hydrogen (secondary N) is 1. The van der Waals surface area contributed by atoms with Gasteiger partial charge in [-0.1, -0.05) is 29.3 Å². The molecule has 0 saturated heterocycles. The number of hydrogen-bond acceptors (Lipinski definition) is 2. The van der Waals surface area contributed by atoms with Crippen molar-refractivity contribution in [3.63, 3.8) is 0 Å². The summed E-state index contributed by atoms with van der Waals surface area (Å²) < 4.78 is 0. The van der Waals surface area contributed by atoms with Crippen LogP contribution in [0.25, 0.3) is 0 Å². The SMILES string of the molecule is CC(C)(CN)NC(=O)Cc1c(Cl)cccc1Cl. The van der Waals surface area contributed by atoms with Gasteiger partial charge in [-0.3, -0.25) is 4.79 Å². The molecule has 5 heteroatoms. The van der Waals surface area contributed by atoms with Crippen LogP contribution in [-0.2, 0) is 11.2 Å². The van der Waals surface area contributed by atoms with Crippen LogP contribution in [0.4, 0.5) is 0 Å². The molecule has 0 atom stereocenters. The summed E-state index contributed by atoms with van der Waals surface area (Å²) in [5.74, 6) is -0.143. The molecule has 0 aliphatic carbocycles. The lowest BCUT2D eigenvalue weighted by atomic mass is 10.0. The van der Waals surface area contributed by atoms with E-state index in [-0.39, 0.29) is 12.3 Å². The number of carbonyl (C=O) groups excluding carboxylic acids is 1. The Kier molecular flexibility index (Phi) is 4.80. The van der Waals surface area contributed by atoms with Gasteiger partial charge in [-0.05, 0) is 31.5 Å². The van der Waals surface area contributed by atoms with Crippen molar-refractivity contribution in [3.8, 4) is 0 Å². The highest BCUT2D eigenvalue weighted by Gasteiger charge is 2.19. The van der Waals surface area contributed by atoms with Crippen molar-refractivity contribution in [1.29, 1.82) is 0 Å². The number of nitrogens with two attached hydrogens (primary N) is 1. The van der Waals surface area contributed by atoms with Crippen LogP contribution in [0.1, 0.15) is 19.4 Å². The zero-order chi connectivity index (χ0) is 13.1. The molecular weight excluding hydrogens is 259 g/mol. The van der Waals surface area contributed by atoms with Crippen LogP contribution in [0.2, 0.25) is 10.0 Å². The number of halogens is 2. The van der Waals surface area contributed by atoms with Gasteiger partial charge in [-0.15, -0.1) is 0 Å². The molecule has 0 bridgehead atoms. The first-order chi connectivity index (χ1) is 7.85. The van der Waals surface area contributed by atoms with Gasteiger partial charge in [0.1, 0.15) is 0 Å². The van der Waals surface area contributed by atoms with E-state index in [2.05, 4.69) is 5.32 Å². The van der Waals surface area contributed by atoms with Gasteiger partial charge in [0.15, 0.2) is 0 Å². The Morgan fingerprint density at radius 2 is 1.88 bits per heavy atom. The quantitative estimate of drug-likeness (QED) is 0.886. The molecule has 0 unspecified atom stereocenters. The third-order valence-electron chi connectivity index (χ3n) is 2.39. The molecule has 0 heterocycles.